The Kier molecular flexibility index (Phi) is 4.60. The fourth-order valence-corrected chi connectivity index (χ4v) is 3.83. The Morgan fingerprint density at radius 2 is 1.97 bits per heavy atom. The Hall–Kier alpha value is -3.06. The summed E-state index contributed by atoms with van der Waals surface area (Å²) in [7, 11) is 2.12. The molecule has 0 unspecified atom stereocenters. The number of benzene rings is 2. The molecule has 2 aliphatic rings. The van der Waals surface area contributed by atoms with Crippen molar-refractivity contribution in [1.29, 1.82) is 0 Å². The minimum Gasteiger partial charge on any atom is -0.493 e. The maximum atomic E-state index is 12.7. The molecule has 1 fully saturated rings. The van der Waals surface area contributed by atoms with Gasteiger partial charge in [-0.05, 0) is 61.9 Å². The summed E-state index contributed by atoms with van der Waals surface area (Å²) in [5.74, 6) is 0.744. The van der Waals surface area contributed by atoms with Crippen LogP contribution in [0.25, 0.3) is 11.1 Å². The van der Waals surface area contributed by atoms with Crippen LogP contribution in [0.3, 0.4) is 0 Å². The third-order valence-electron chi connectivity index (χ3n) is 5.58. The van der Waals surface area contributed by atoms with Crippen LogP contribution in [0.15, 0.2) is 40.8 Å². The number of amides is 1. The first-order valence-corrected chi connectivity index (χ1v) is 10.1. The fraction of sp³-hybridized carbons (Fsp3) is 0.364. The molecule has 29 heavy (non-hydrogen) atoms. The van der Waals surface area contributed by atoms with Crippen molar-refractivity contribution in [3.8, 4) is 5.75 Å². The number of hydrogen-bond acceptors (Lipinski definition) is 6. The zero-order valence-corrected chi connectivity index (χ0v) is 16.5. The van der Waals surface area contributed by atoms with Gasteiger partial charge in [-0.25, -0.2) is 0 Å². The normalized spacial score (nSPS) is 17.1. The summed E-state index contributed by atoms with van der Waals surface area (Å²) in [6.07, 6.45) is 1.92. The first-order valence-electron chi connectivity index (χ1n) is 10.1. The van der Waals surface area contributed by atoms with Gasteiger partial charge in [-0.3, -0.25) is 4.79 Å². The minimum atomic E-state index is -0.138. The van der Waals surface area contributed by atoms with Gasteiger partial charge in [0.15, 0.2) is 5.58 Å². The number of fused-ring (bicyclic) bond motifs is 2. The molecule has 0 saturated carbocycles. The van der Waals surface area contributed by atoms with E-state index in [1.54, 1.807) is 6.07 Å². The van der Waals surface area contributed by atoms with E-state index in [0.29, 0.717) is 17.3 Å². The Balaban J connectivity index is 1.33. The van der Waals surface area contributed by atoms with Crippen molar-refractivity contribution in [2.45, 2.75) is 12.8 Å². The first kappa shape index (κ1) is 18.0. The highest BCUT2D eigenvalue weighted by Crippen LogP contribution is 2.27. The topological polar surface area (TPSA) is 70.8 Å². The number of aromatic nitrogens is 1. The molecule has 150 valence electrons. The van der Waals surface area contributed by atoms with Gasteiger partial charge in [-0.15, -0.1) is 0 Å². The second-order valence-electron chi connectivity index (χ2n) is 7.70. The van der Waals surface area contributed by atoms with E-state index in [1.807, 2.05) is 30.3 Å². The molecule has 1 N–H and O–H groups in total. The number of anilines is 2. The Morgan fingerprint density at radius 1 is 1.10 bits per heavy atom. The van der Waals surface area contributed by atoms with Crippen LogP contribution in [-0.4, -0.2) is 55.6 Å². The molecular weight excluding hydrogens is 368 g/mol. The third kappa shape index (κ3) is 3.65. The monoisotopic (exact) mass is 392 g/mol. The molecule has 0 bridgehead atoms. The van der Waals surface area contributed by atoms with Crippen LogP contribution in [-0.2, 0) is 6.42 Å². The van der Waals surface area contributed by atoms with E-state index in [0.717, 1.165) is 68.0 Å². The van der Waals surface area contributed by atoms with Crippen molar-refractivity contribution in [2.75, 3.05) is 50.1 Å². The van der Waals surface area contributed by atoms with Crippen molar-refractivity contribution >= 4 is 28.7 Å². The van der Waals surface area contributed by atoms with Crippen LogP contribution in [0.4, 0.5) is 11.7 Å². The first-order chi connectivity index (χ1) is 14.2. The second-order valence-corrected chi connectivity index (χ2v) is 7.70. The van der Waals surface area contributed by atoms with Crippen LogP contribution in [0.5, 0.6) is 5.75 Å². The number of oxazole rings is 1. The molecule has 0 radical (unpaired) electrons. The molecule has 3 heterocycles. The Morgan fingerprint density at radius 3 is 2.83 bits per heavy atom. The van der Waals surface area contributed by atoms with E-state index >= 15 is 0 Å². The molecular formula is C22H24N4O3. The molecule has 0 spiro atoms. The molecule has 1 aromatic heterocycles. The summed E-state index contributed by atoms with van der Waals surface area (Å²) in [6, 6.07) is 11.8. The van der Waals surface area contributed by atoms with Gasteiger partial charge < -0.3 is 24.3 Å². The van der Waals surface area contributed by atoms with Crippen LogP contribution in [0.1, 0.15) is 22.3 Å². The number of nitrogens with one attached hydrogen (secondary N) is 1. The van der Waals surface area contributed by atoms with Crippen molar-refractivity contribution < 1.29 is 13.9 Å². The van der Waals surface area contributed by atoms with Gasteiger partial charge in [0.25, 0.3) is 11.9 Å². The molecule has 7 nitrogen and oxygen atoms in total. The number of ether oxygens (including phenoxy) is 1. The van der Waals surface area contributed by atoms with E-state index in [2.05, 4.69) is 27.1 Å². The molecule has 2 aromatic carbocycles. The van der Waals surface area contributed by atoms with Crippen molar-refractivity contribution in [3.63, 3.8) is 0 Å². The summed E-state index contributed by atoms with van der Waals surface area (Å²) in [6.45, 7) is 4.52. The zero-order chi connectivity index (χ0) is 19.8. The number of hydrogen-bond donors (Lipinski definition) is 1. The molecule has 5 rings (SSSR count). The van der Waals surface area contributed by atoms with E-state index < -0.39 is 0 Å². The third-order valence-corrected chi connectivity index (χ3v) is 5.58. The standard InChI is InChI=1S/C22H24N4O3/c1-25-8-10-26(11-9-25)22-24-18-14-17(5-7-20(18)29-22)23-21(27)16-4-6-19-15(13-16)3-2-12-28-19/h4-7,13-14H,2-3,8-12H2,1H3,(H,23,27). The largest absolute Gasteiger partial charge is 0.493 e. The van der Waals surface area contributed by atoms with E-state index in [4.69, 9.17) is 9.15 Å². The number of rotatable bonds is 3. The molecule has 0 aliphatic carbocycles. The van der Waals surface area contributed by atoms with Crippen molar-refractivity contribution in [1.82, 2.24) is 9.88 Å². The second kappa shape index (κ2) is 7.40. The highest BCUT2D eigenvalue weighted by atomic mass is 16.5. The number of aryl methyl sites for hydroxylation is 1. The van der Waals surface area contributed by atoms with E-state index in [9.17, 15) is 4.79 Å². The SMILES string of the molecule is CN1CCN(c2nc3cc(NC(=O)c4ccc5c(c4)CCCO5)ccc3o2)CC1. The molecule has 0 atom stereocenters. The summed E-state index contributed by atoms with van der Waals surface area (Å²) < 4.78 is 11.5. The summed E-state index contributed by atoms with van der Waals surface area (Å²) in [5, 5.41) is 2.97. The van der Waals surface area contributed by atoms with Gasteiger partial charge in [0, 0.05) is 37.4 Å². The molecule has 3 aromatic rings. The summed E-state index contributed by atoms with van der Waals surface area (Å²) >= 11 is 0. The number of nitrogens with zero attached hydrogens (tertiary/aromatic N) is 3. The van der Waals surface area contributed by atoms with Gasteiger partial charge in [0.2, 0.25) is 0 Å². The molecule has 1 amide bonds. The predicted octanol–water partition coefficient (Wildman–Crippen LogP) is 3.16. The Labute approximate surface area is 169 Å². The van der Waals surface area contributed by atoms with Gasteiger partial charge >= 0.3 is 0 Å². The molecule has 7 heteroatoms. The maximum absolute atomic E-state index is 12.7. The average Bonchev–Trinajstić information content (AvgIpc) is 3.17. The highest BCUT2D eigenvalue weighted by Gasteiger charge is 2.19. The number of carbonyl (C=O) groups excluding carboxylic acids is 1. The summed E-state index contributed by atoms with van der Waals surface area (Å²) in [5.41, 5.74) is 3.90. The number of carbonyl (C=O) groups is 1. The Bertz CT molecular complexity index is 1050. The van der Waals surface area contributed by atoms with Crippen molar-refractivity contribution in [2.24, 2.45) is 0 Å². The lowest BCUT2D eigenvalue weighted by Crippen LogP contribution is -2.44. The number of likely N-dealkylation sites (N-methyl/N-ethyl adjacent to an activating group) is 1. The van der Waals surface area contributed by atoms with Crippen LogP contribution >= 0.6 is 0 Å². The van der Waals surface area contributed by atoms with Gasteiger partial charge in [-0.2, -0.15) is 4.98 Å². The van der Waals surface area contributed by atoms with E-state index in [-0.39, 0.29) is 5.91 Å². The predicted molar refractivity (Wildman–Crippen MR) is 112 cm³/mol. The molecule has 2 aliphatic heterocycles. The highest BCUT2D eigenvalue weighted by molar-refractivity contribution is 6.05. The van der Waals surface area contributed by atoms with Crippen LogP contribution in [0, 0.1) is 0 Å². The zero-order valence-electron chi connectivity index (χ0n) is 16.5. The molecule has 1 saturated heterocycles. The quantitative estimate of drug-likeness (QED) is 0.738. The van der Waals surface area contributed by atoms with Gasteiger partial charge in [-0.1, -0.05) is 0 Å². The van der Waals surface area contributed by atoms with Crippen LogP contribution < -0.4 is 15.0 Å². The van der Waals surface area contributed by atoms with E-state index in [1.165, 1.54) is 0 Å². The number of piperazine rings is 1. The lowest BCUT2D eigenvalue weighted by Gasteiger charge is -2.31. The lowest BCUT2D eigenvalue weighted by molar-refractivity contribution is 0.102. The maximum Gasteiger partial charge on any atom is 0.298 e. The van der Waals surface area contributed by atoms with Gasteiger partial charge in [0.1, 0.15) is 11.3 Å². The van der Waals surface area contributed by atoms with Gasteiger partial charge in [0.05, 0.1) is 6.61 Å². The average molecular weight is 392 g/mol. The smallest absolute Gasteiger partial charge is 0.298 e. The summed E-state index contributed by atoms with van der Waals surface area (Å²) in [4.78, 5) is 21.8. The van der Waals surface area contributed by atoms with Crippen LogP contribution in [0.2, 0.25) is 0 Å². The fourth-order valence-electron chi connectivity index (χ4n) is 3.83. The lowest BCUT2D eigenvalue weighted by atomic mass is 10.0. The van der Waals surface area contributed by atoms with Crippen molar-refractivity contribution in [3.05, 3.63) is 47.5 Å². The minimum absolute atomic E-state index is 0.138.